The molecule has 0 amide bonds. The van der Waals surface area contributed by atoms with Crippen molar-refractivity contribution >= 4 is 40.0 Å². The summed E-state index contributed by atoms with van der Waals surface area (Å²) in [6, 6.07) is 3.88. The number of nitrogens with zero attached hydrogens (tertiary/aromatic N) is 5. The van der Waals surface area contributed by atoms with Gasteiger partial charge in [0, 0.05) is 25.2 Å². The first kappa shape index (κ1) is 24.5. The molecule has 192 valence electrons. The van der Waals surface area contributed by atoms with Crippen LogP contribution >= 0.6 is 11.3 Å². The number of nitrogens with one attached hydrogen (secondary N) is 1. The van der Waals surface area contributed by atoms with Gasteiger partial charge >= 0.3 is 5.97 Å². The highest BCUT2D eigenvalue weighted by Crippen LogP contribution is 2.36. The zero-order chi connectivity index (χ0) is 25.1. The van der Waals surface area contributed by atoms with Crippen LogP contribution < -0.4 is 15.1 Å². The summed E-state index contributed by atoms with van der Waals surface area (Å²) in [4.78, 5) is 31.7. The van der Waals surface area contributed by atoms with Crippen molar-refractivity contribution in [3.05, 3.63) is 40.3 Å². The van der Waals surface area contributed by atoms with Crippen LogP contribution in [-0.2, 0) is 17.7 Å². The molecule has 2 aliphatic rings. The van der Waals surface area contributed by atoms with E-state index in [4.69, 9.17) is 19.1 Å². The van der Waals surface area contributed by atoms with E-state index in [9.17, 15) is 9.90 Å². The summed E-state index contributed by atoms with van der Waals surface area (Å²) in [7, 11) is 0. The number of carbonyl (C=O) groups excluding carboxylic acids is 1. The van der Waals surface area contributed by atoms with Crippen LogP contribution in [0.25, 0.3) is 0 Å². The molecule has 0 bridgehead atoms. The van der Waals surface area contributed by atoms with Gasteiger partial charge < -0.3 is 24.1 Å². The van der Waals surface area contributed by atoms with E-state index in [1.807, 2.05) is 12.1 Å². The molecule has 3 aromatic rings. The normalized spacial score (nSPS) is 16.5. The summed E-state index contributed by atoms with van der Waals surface area (Å²) in [5, 5.41) is 13.9. The van der Waals surface area contributed by atoms with Crippen molar-refractivity contribution in [2.24, 2.45) is 0 Å². The van der Waals surface area contributed by atoms with Crippen molar-refractivity contribution in [2.45, 2.75) is 58.6 Å². The molecule has 2 N–H and O–H groups in total. The van der Waals surface area contributed by atoms with E-state index >= 15 is 0 Å². The molecule has 0 saturated carbocycles. The van der Waals surface area contributed by atoms with Crippen LogP contribution in [0.15, 0.2) is 22.8 Å². The molecule has 3 aromatic heterocycles. The van der Waals surface area contributed by atoms with E-state index in [0.717, 1.165) is 61.9 Å². The van der Waals surface area contributed by atoms with Crippen molar-refractivity contribution in [3.63, 3.8) is 0 Å². The number of piperidine rings is 1. The number of hydrogen-bond acceptors (Lipinski definition) is 11. The van der Waals surface area contributed by atoms with Crippen molar-refractivity contribution < 1.29 is 19.1 Å². The molecule has 0 aromatic carbocycles. The van der Waals surface area contributed by atoms with Crippen LogP contribution in [-0.4, -0.2) is 58.4 Å². The Labute approximate surface area is 214 Å². The predicted molar refractivity (Wildman–Crippen MR) is 138 cm³/mol. The molecule has 11 heteroatoms. The van der Waals surface area contributed by atoms with Crippen LogP contribution in [0.1, 0.15) is 59.3 Å². The molecule has 5 rings (SSSR count). The minimum Gasteiger partial charge on any atom is -0.467 e. The molecular weight excluding hydrogens is 480 g/mol. The summed E-state index contributed by atoms with van der Waals surface area (Å²) < 4.78 is 10.8. The molecule has 0 aliphatic carbocycles. The van der Waals surface area contributed by atoms with E-state index in [1.54, 1.807) is 20.1 Å². The van der Waals surface area contributed by atoms with Gasteiger partial charge in [-0.2, -0.15) is 9.97 Å². The number of aliphatic hydroxyl groups excluding tert-OH is 1. The van der Waals surface area contributed by atoms with Crippen LogP contribution in [0.5, 0.6) is 0 Å². The first-order valence-corrected chi connectivity index (χ1v) is 13.4. The average Bonchev–Trinajstić information content (AvgIpc) is 3.46. The van der Waals surface area contributed by atoms with E-state index in [2.05, 4.69) is 20.1 Å². The Bertz CT molecular complexity index is 1190. The average molecular weight is 513 g/mol. The van der Waals surface area contributed by atoms with Gasteiger partial charge in [-0.25, -0.2) is 9.78 Å². The number of thiazole rings is 1. The molecule has 36 heavy (non-hydrogen) atoms. The van der Waals surface area contributed by atoms with Gasteiger partial charge in [-0.05, 0) is 58.1 Å². The Balaban J connectivity index is 1.52. The standard InChI is InChI=1S/C25H32N6O4S/c1-3-34-23(33)20-16(2)26-25(36-20)29-24-27-21(30-12-9-17(32)10-13-30)19-8-4-5-11-31(22(19)28-24)15-18-7-6-14-35-18/h6-7,14,17,32H,3-5,8-13,15H2,1-2H3,(H,26,27,28,29). The molecule has 0 radical (unpaired) electrons. The van der Waals surface area contributed by atoms with Crippen molar-refractivity contribution in [1.82, 2.24) is 15.0 Å². The fraction of sp³-hybridized carbons (Fsp3) is 0.520. The Morgan fingerprint density at radius 2 is 2.03 bits per heavy atom. The molecule has 1 fully saturated rings. The number of carbonyl (C=O) groups is 1. The number of ether oxygens (including phenoxy) is 1. The molecule has 5 heterocycles. The molecule has 0 atom stereocenters. The largest absolute Gasteiger partial charge is 0.467 e. The van der Waals surface area contributed by atoms with Crippen LogP contribution in [0.4, 0.5) is 22.7 Å². The minimum absolute atomic E-state index is 0.269. The van der Waals surface area contributed by atoms with Gasteiger partial charge in [0.25, 0.3) is 0 Å². The lowest BCUT2D eigenvalue weighted by Crippen LogP contribution is -2.37. The second-order valence-electron chi connectivity index (χ2n) is 9.13. The molecule has 1 saturated heterocycles. The Morgan fingerprint density at radius 3 is 2.78 bits per heavy atom. The maximum Gasteiger partial charge on any atom is 0.350 e. The van der Waals surface area contributed by atoms with E-state index < -0.39 is 0 Å². The number of hydrogen-bond donors (Lipinski definition) is 2. The lowest BCUT2D eigenvalue weighted by Gasteiger charge is -2.33. The smallest absolute Gasteiger partial charge is 0.350 e. The molecule has 0 spiro atoms. The maximum absolute atomic E-state index is 12.3. The third-order valence-corrected chi connectivity index (χ3v) is 7.59. The lowest BCUT2D eigenvalue weighted by atomic mass is 10.1. The minimum atomic E-state index is -0.374. The molecule has 10 nitrogen and oxygen atoms in total. The number of fused-ring (bicyclic) bond motifs is 1. The Morgan fingerprint density at radius 1 is 1.22 bits per heavy atom. The summed E-state index contributed by atoms with van der Waals surface area (Å²) in [6.45, 7) is 6.86. The van der Waals surface area contributed by atoms with Crippen molar-refractivity contribution in [3.8, 4) is 0 Å². The SMILES string of the molecule is CCOC(=O)c1sc(Nc2nc(N3CCC(O)CC3)c3c(n2)N(Cc2ccco2)CCCC3)nc1C. The van der Waals surface area contributed by atoms with E-state index in [-0.39, 0.29) is 12.1 Å². The van der Waals surface area contributed by atoms with E-state index in [0.29, 0.717) is 47.6 Å². The third kappa shape index (κ3) is 5.31. The summed E-state index contributed by atoms with van der Waals surface area (Å²) in [6.07, 6.45) is 5.84. The fourth-order valence-electron chi connectivity index (χ4n) is 4.73. The van der Waals surface area contributed by atoms with Gasteiger partial charge in [0.05, 0.1) is 31.2 Å². The lowest BCUT2D eigenvalue weighted by molar-refractivity contribution is 0.0531. The predicted octanol–water partition coefficient (Wildman–Crippen LogP) is 4.06. The van der Waals surface area contributed by atoms with Crippen molar-refractivity contribution in [1.29, 1.82) is 0 Å². The summed E-state index contributed by atoms with van der Waals surface area (Å²) in [5.41, 5.74) is 1.74. The van der Waals surface area contributed by atoms with E-state index in [1.165, 1.54) is 11.3 Å². The van der Waals surface area contributed by atoms with Gasteiger partial charge in [-0.3, -0.25) is 5.32 Å². The van der Waals surface area contributed by atoms with Crippen LogP contribution in [0, 0.1) is 6.92 Å². The second-order valence-corrected chi connectivity index (χ2v) is 10.1. The highest BCUT2D eigenvalue weighted by Gasteiger charge is 2.28. The van der Waals surface area contributed by atoms with Crippen molar-refractivity contribution in [2.75, 3.05) is 41.4 Å². The quantitative estimate of drug-likeness (QED) is 0.449. The first-order valence-electron chi connectivity index (χ1n) is 12.5. The van der Waals surface area contributed by atoms with Gasteiger partial charge in [0.15, 0.2) is 5.13 Å². The molecule has 0 unspecified atom stereocenters. The Hall–Kier alpha value is -3.18. The summed E-state index contributed by atoms with van der Waals surface area (Å²) in [5.74, 6) is 2.74. The molecule has 2 aliphatic heterocycles. The molecular formula is C25H32N6O4S. The number of anilines is 4. The number of esters is 1. The van der Waals surface area contributed by atoms with Gasteiger partial charge in [0.1, 0.15) is 22.3 Å². The Kier molecular flexibility index (Phi) is 7.38. The van der Waals surface area contributed by atoms with Gasteiger partial charge in [-0.15, -0.1) is 0 Å². The monoisotopic (exact) mass is 512 g/mol. The second kappa shape index (κ2) is 10.8. The highest BCUT2D eigenvalue weighted by atomic mass is 32.1. The first-order chi connectivity index (χ1) is 17.5. The van der Waals surface area contributed by atoms with Gasteiger partial charge in [0.2, 0.25) is 5.95 Å². The number of aryl methyl sites for hydroxylation is 1. The van der Waals surface area contributed by atoms with Crippen LogP contribution in [0.3, 0.4) is 0 Å². The number of aliphatic hydroxyl groups is 1. The number of rotatable bonds is 7. The highest BCUT2D eigenvalue weighted by molar-refractivity contribution is 7.17. The topological polar surface area (TPSA) is 117 Å². The zero-order valence-corrected chi connectivity index (χ0v) is 21.5. The maximum atomic E-state index is 12.3. The fourth-order valence-corrected chi connectivity index (χ4v) is 5.58. The van der Waals surface area contributed by atoms with Gasteiger partial charge in [-0.1, -0.05) is 11.3 Å². The number of aromatic nitrogens is 3. The van der Waals surface area contributed by atoms with Crippen LogP contribution in [0.2, 0.25) is 0 Å². The number of furan rings is 1. The zero-order valence-electron chi connectivity index (χ0n) is 20.7. The third-order valence-electron chi connectivity index (χ3n) is 6.53. The summed E-state index contributed by atoms with van der Waals surface area (Å²) >= 11 is 1.24.